The van der Waals surface area contributed by atoms with Gasteiger partial charge in [0, 0.05) is 11.3 Å². The Morgan fingerprint density at radius 2 is 1.79 bits per heavy atom. The first-order chi connectivity index (χ1) is 11.3. The molecule has 0 saturated carbocycles. The van der Waals surface area contributed by atoms with Crippen molar-refractivity contribution in [3.8, 4) is 11.5 Å². The largest absolute Gasteiger partial charge is 0.496 e. The minimum atomic E-state index is -4.46. The van der Waals surface area contributed by atoms with Crippen molar-refractivity contribution < 1.29 is 26.9 Å². The highest BCUT2D eigenvalue weighted by Gasteiger charge is 2.30. The SMILES string of the molecule is COc1ccc([S@](=O)Nc2cccc(C(F)(F)F)c2)c(OC)c1C. The quantitative estimate of drug-likeness (QED) is 0.872. The van der Waals surface area contributed by atoms with Crippen molar-refractivity contribution in [3.05, 3.63) is 47.5 Å². The van der Waals surface area contributed by atoms with Crippen LogP contribution in [0.25, 0.3) is 0 Å². The molecule has 2 aromatic rings. The third-order valence-electron chi connectivity index (χ3n) is 3.34. The summed E-state index contributed by atoms with van der Waals surface area (Å²) in [7, 11) is 1.12. The molecule has 1 atom stereocenters. The van der Waals surface area contributed by atoms with Crippen molar-refractivity contribution in [1.82, 2.24) is 0 Å². The number of benzene rings is 2. The van der Waals surface area contributed by atoms with E-state index in [1.807, 2.05) is 0 Å². The van der Waals surface area contributed by atoms with Crippen molar-refractivity contribution in [2.24, 2.45) is 0 Å². The van der Waals surface area contributed by atoms with Gasteiger partial charge in [0.15, 0.2) is 11.0 Å². The molecule has 4 nitrogen and oxygen atoms in total. The molecule has 0 unspecified atom stereocenters. The Balaban J connectivity index is 2.33. The highest BCUT2D eigenvalue weighted by molar-refractivity contribution is 7.86. The van der Waals surface area contributed by atoms with Crippen LogP contribution in [0.1, 0.15) is 11.1 Å². The van der Waals surface area contributed by atoms with E-state index in [0.29, 0.717) is 22.0 Å². The van der Waals surface area contributed by atoms with Gasteiger partial charge in [0.2, 0.25) is 0 Å². The fourth-order valence-corrected chi connectivity index (χ4v) is 3.24. The lowest BCUT2D eigenvalue weighted by Crippen LogP contribution is -2.09. The lowest BCUT2D eigenvalue weighted by molar-refractivity contribution is -0.137. The molecule has 130 valence electrons. The molecule has 2 rings (SSSR count). The van der Waals surface area contributed by atoms with E-state index in [4.69, 9.17) is 9.47 Å². The second-order valence-corrected chi connectivity index (χ2v) is 6.05. The predicted octanol–water partition coefficient (Wildman–Crippen LogP) is 4.17. The zero-order chi connectivity index (χ0) is 17.9. The fraction of sp³-hybridized carbons (Fsp3) is 0.250. The molecule has 0 aliphatic heterocycles. The Morgan fingerprint density at radius 3 is 2.38 bits per heavy atom. The number of hydrogen-bond acceptors (Lipinski definition) is 3. The number of methoxy groups -OCH3 is 2. The maximum absolute atomic E-state index is 12.7. The molecule has 0 spiro atoms. The van der Waals surface area contributed by atoms with Crippen molar-refractivity contribution in [2.45, 2.75) is 18.0 Å². The van der Waals surface area contributed by atoms with Crippen molar-refractivity contribution in [3.63, 3.8) is 0 Å². The molecule has 2 aromatic carbocycles. The van der Waals surface area contributed by atoms with Gasteiger partial charge in [0.05, 0.1) is 19.8 Å². The standard InChI is InChI=1S/C16H16F3NO3S/c1-10-13(22-2)7-8-14(15(10)23-3)24(21)20-12-6-4-5-11(9-12)16(17,18)19/h4-9,20H,1-3H3/t24-/m0/s1. The number of nitrogens with one attached hydrogen (secondary N) is 1. The Hall–Kier alpha value is -2.22. The summed E-state index contributed by atoms with van der Waals surface area (Å²) >= 11 is 0. The van der Waals surface area contributed by atoms with Crippen LogP contribution in [0.2, 0.25) is 0 Å². The summed E-state index contributed by atoms with van der Waals surface area (Å²) in [6.45, 7) is 1.74. The van der Waals surface area contributed by atoms with Gasteiger partial charge in [-0.2, -0.15) is 13.2 Å². The Kier molecular flexibility index (Phi) is 5.38. The van der Waals surface area contributed by atoms with Gasteiger partial charge < -0.3 is 14.2 Å². The van der Waals surface area contributed by atoms with Gasteiger partial charge in [-0.15, -0.1) is 0 Å². The molecule has 0 bridgehead atoms. The van der Waals surface area contributed by atoms with Crippen LogP contribution < -0.4 is 14.2 Å². The summed E-state index contributed by atoms with van der Waals surface area (Å²) in [5, 5.41) is 0. The zero-order valence-corrected chi connectivity index (χ0v) is 14.0. The molecule has 0 aromatic heterocycles. The van der Waals surface area contributed by atoms with Crippen LogP contribution >= 0.6 is 0 Å². The molecule has 0 saturated heterocycles. The van der Waals surface area contributed by atoms with E-state index < -0.39 is 22.7 Å². The molecule has 24 heavy (non-hydrogen) atoms. The van der Waals surface area contributed by atoms with Gasteiger partial charge in [0.1, 0.15) is 16.4 Å². The van der Waals surface area contributed by atoms with Gasteiger partial charge >= 0.3 is 6.18 Å². The first kappa shape index (κ1) is 18.1. The van der Waals surface area contributed by atoms with Crippen LogP contribution in [0.5, 0.6) is 11.5 Å². The summed E-state index contributed by atoms with van der Waals surface area (Å²) in [5.74, 6) is 0.916. The monoisotopic (exact) mass is 359 g/mol. The number of hydrogen-bond donors (Lipinski definition) is 1. The minimum absolute atomic E-state index is 0.0960. The molecule has 0 aliphatic rings. The van der Waals surface area contributed by atoms with E-state index in [1.54, 1.807) is 19.1 Å². The van der Waals surface area contributed by atoms with E-state index in [2.05, 4.69) is 4.72 Å². The number of halogens is 3. The average Bonchev–Trinajstić information content (AvgIpc) is 2.53. The van der Waals surface area contributed by atoms with Gasteiger partial charge in [-0.3, -0.25) is 0 Å². The predicted molar refractivity (Wildman–Crippen MR) is 85.8 cm³/mol. The first-order valence-corrected chi connectivity index (χ1v) is 8.00. The third kappa shape index (κ3) is 3.81. The molecule has 0 fully saturated rings. The number of ether oxygens (including phenoxy) is 2. The maximum atomic E-state index is 12.7. The molecule has 0 heterocycles. The van der Waals surface area contributed by atoms with E-state index in [1.165, 1.54) is 26.4 Å². The van der Waals surface area contributed by atoms with Gasteiger partial charge in [-0.1, -0.05) is 6.07 Å². The Labute approximate surface area is 140 Å². The Morgan fingerprint density at radius 1 is 1.08 bits per heavy atom. The van der Waals surface area contributed by atoms with Gasteiger partial charge in [0.25, 0.3) is 0 Å². The molecule has 0 amide bonds. The van der Waals surface area contributed by atoms with Crippen molar-refractivity contribution in [2.75, 3.05) is 18.9 Å². The van der Waals surface area contributed by atoms with Crippen LogP contribution in [-0.4, -0.2) is 18.4 Å². The maximum Gasteiger partial charge on any atom is 0.416 e. The van der Waals surface area contributed by atoms with Crippen molar-refractivity contribution >= 4 is 16.7 Å². The first-order valence-electron chi connectivity index (χ1n) is 6.85. The number of alkyl halides is 3. The topological polar surface area (TPSA) is 47.6 Å². The highest BCUT2D eigenvalue weighted by Crippen LogP contribution is 2.34. The molecule has 1 N–H and O–H groups in total. The van der Waals surface area contributed by atoms with Gasteiger partial charge in [-0.25, -0.2) is 4.21 Å². The minimum Gasteiger partial charge on any atom is -0.496 e. The lowest BCUT2D eigenvalue weighted by atomic mass is 10.2. The van der Waals surface area contributed by atoms with Gasteiger partial charge in [-0.05, 0) is 37.3 Å². The summed E-state index contributed by atoms with van der Waals surface area (Å²) in [6, 6.07) is 7.68. The molecule has 0 aliphatic carbocycles. The van der Waals surface area contributed by atoms with Crippen LogP contribution in [0.3, 0.4) is 0 Å². The van der Waals surface area contributed by atoms with E-state index >= 15 is 0 Å². The zero-order valence-electron chi connectivity index (χ0n) is 13.2. The lowest BCUT2D eigenvalue weighted by Gasteiger charge is -2.15. The van der Waals surface area contributed by atoms with Crippen LogP contribution in [-0.2, 0) is 17.2 Å². The average molecular weight is 359 g/mol. The fourth-order valence-electron chi connectivity index (χ4n) is 2.19. The highest BCUT2D eigenvalue weighted by atomic mass is 32.2. The Bertz CT molecular complexity index is 763. The van der Waals surface area contributed by atoms with Crippen LogP contribution in [0.4, 0.5) is 18.9 Å². The van der Waals surface area contributed by atoms with Crippen LogP contribution in [0, 0.1) is 6.92 Å². The molecule has 0 radical (unpaired) electrons. The normalized spacial score (nSPS) is 12.6. The molecular formula is C16H16F3NO3S. The van der Waals surface area contributed by atoms with E-state index in [9.17, 15) is 17.4 Å². The molecular weight excluding hydrogens is 343 g/mol. The van der Waals surface area contributed by atoms with E-state index in [0.717, 1.165) is 12.1 Å². The smallest absolute Gasteiger partial charge is 0.416 e. The summed E-state index contributed by atoms with van der Waals surface area (Å²) in [6.07, 6.45) is -4.46. The number of anilines is 1. The summed E-state index contributed by atoms with van der Waals surface area (Å²) < 4.78 is 63.7. The summed E-state index contributed by atoms with van der Waals surface area (Å²) in [5.41, 5.74) is -0.0715. The van der Waals surface area contributed by atoms with E-state index in [-0.39, 0.29) is 5.69 Å². The number of rotatable bonds is 5. The second kappa shape index (κ2) is 7.12. The second-order valence-electron chi connectivity index (χ2n) is 4.87. The van der Waals surface area contributed by atoms with Crippen molar-refractivity contribution in [1.29, 1.82) is 0 Å². The molecule has 8 heteroatoms. The van der Waals surface area contributed by atoms with Crippen LogP contribution in [0.15, 0.2) is 41.3 Å². The third-order valence-corrected chi connectivity index (χ3v) is 4.49. The summed E-state index contributed by atoms with van der Waals surface area (Å²) in [4.78, 5) is 0.313.